The maximum absolute atomic E-state index is 6.45. The minimum Gasteiger partial charge on any atom is -0.325 e. The zero-order chi connectivity index (χ0) is 11.3. The summed E-state index contributed by atoms with van der Waals surface area (Å²) < 4.78 is 0. The van der Waals surface area contributed by atoms with Crippen LogP contribution in [0.4, 0.5) is 0 Å². The summed E-state index contributed by atoms with van der Waals surface area (Å²) in [4.78, 5) is 0. The third kappa shape index (κ3) is 4.36. The second kappa shape index (κ2) is 6.15. The van der Waals surface area contributed by atoms with Crippen LogP contribution in [0.3, 0.4) is 0 Å². The molecule has 0 radical (unpaired) electrons. The quantitative estimate of drug-likeness (QED) is 0.728. The fraction of sp³-hybridized carbons (Fsp3) is 1.00. The van der Waals surface area contributed by atoms with Crippen molar-refractivity contribution >= 4 is 11.8 Å². The molecule has 0 aromatic carbocycles. The van der Waals surface area contributed by atoms with Crippen molar-refractivity contribution in [1.82, 2.24) is 0 Å². The summed E-state index contributed by atoms with van der Waals surface area (Å²) in [7, 11) is 0. The average molecular weight is 229 g/mol. The predicted molar refractivity (Wildman–Crippen MR) is 71.3 cm³/mol. The maximum Gasteiger partial charge on any atom is 0.0154 e. The van der Waals surface area contributed by atoms with Gasteiger partial charge in [0.15, 0.2) is 0 Å². The zero-order valence-electron chi connectivity index (χ0n) is 10.6. The molecular formula is C13H27NS. The van der Waals surface area contributed by atoms with Crippen LogP contribution in [0.1, 0.15) is 52.4 Å². The molecule has 0 amide bonds. The number of thioether (sulfide) groups is 1. The number of hydrogen-bond acceptors (Lipinski definition) is 2. The lowest BCUT2D eigenvalue weighted by Gasteiger charge is -2.38. The van der Waals surface area contributed by atoms with Gasteiger partial charge in [-0.25, -0.2) is 0 Å². The summed E-state index contributed by atoms with van der Waals surface area (Å²) in [6, 6.07) is 0. The highest BCUT2D eigenvalue weighted by Crippen LogP contribution is 2.36. The summed E-state index contributed by atoms with van der Waals surface area (Å²) in [5, 5.41) is 0. The minimum absolute atomic E-state index is 0.182. The number of hydrogen-bond donors (Lipinski definition) is 1. The molecule has 0 bridgehead atoms. The van der Waals surface area contributed by atoms with E-state index in [9.17, 15) is 0 Å². The third-order valence-corrected chi connectivity index (χ3v) is 4.69. The first-order chi connectivity index (χ1) is 7.07. The fourth-order valence-corrected chi connectivity index (χ4v) is 3.13. The van der Waals surface area contributed by atoms with Crippen molar-refractivity contribution in [2.75, 3.05) is 12.0 Å². The van der Waals surface area contributed by atoms with E-state index in [0.29, 0.717) is 0 Å². The van der Waals surface area contributed by atoms with E-state index in [2.05, 4.69) is 20.1 Å². The normalized spacial score (nSPS) is 32.2. The molecule has 1 rings (SSSR count). The minimum atomic E-state index is 0.182. The highest BCUT2D eigenvalue weighted by atomic mass is 32.2. The van der Waals surface area contributed by atoms with E-state index in [0.717, 1.165) is 11.8 Å². The second-order valence-electron chi connectivity index (χ2n) is 5.54. The maximum atomic E-state index is 6.45. The lowest BCUT2D eigenvalue weighted by Crippen LogP contribution is -2.43. The predicted octanol–water partition coefficient (Wildman–Crippen LogP) is 3.67. The summed E-state index contributed by atoms with van der Waals surface area (Å²) in [6.45, 7) is 4.70. The van der Waals surface area contributed by atoms with Crippen molar-refractivity contribution in [2.24, 2.45) is 17.6 Å². The average Bonchev–Trinajstić information content (AvgIpc) is 2.18. The molecule has 1 saturated carbocycles. The van der Waals surface area contributed by atoms with Gasteiger partial charge in [-0.1, -0.05) is 13.8 Å². The Morgan fingerprint density at radius 1 is 1.33 bits per heavy atom. The van der Waals surface area contributed by atoms with Crippen molar-refractivity contribution in [1.29, 1.82) is 0 Å². The number of rotatable bonds is 5. The molecule has 0 atom stereocenters. The van der Waals surface area contributed by atoms with E-state index in [-0.39, 0.29) is 5.54 Å². The van der Waals surface area contributed by atoms with Gasteiger partial charge in [-0.2, -0.15) is 11.8 Å². The topological polar surface area (TPSA) is 26.0 Å². The molecule has 2 heteroatoms. The Kier molecular flexibility index (Phi) is 5.48. The highest BCUT2D eigenvalue weighted by molar-refractivity contribution is 7.98. The van der Waals surface area contributed by atoms with Gasteiger partial charge >= 0.3 is 0 Å². The third-order valence-electron chi connectivity index (χ3n) is 3.99. The summed E-state index contributed by atoms with van der Waals surface area (Å²) in [5.74, 6) is 3.05. The molecule has 15 heavy (non-hydrogen) atoms. The molecule has 0 spiro atoms. The largest absolute Gasteiger partial charge is 0.325 e. The number of nitrogens with two attached hydrogens (primary N) is 1. The van der Waals surface area contributed by atoms with Gasteiger partial charge < -0.3 is 5.73 Å². The Hall–Kier alpha value is 0.310. The van der Waals surface area contributed by atoms with Crippen LogP contribution in [-0.4, -0.2) is 17.5 Å². The van der Waals surface area contributed by atoms with Gasteiger partial charge in [0.2, 0.25) is 0 Å². The fourth-order valence-electron chi connectivity index (χ4n) is 2.70. The van der Waals surface area contributed by atoms with Gasteiger partial charge in [0.25, 0.3) is 0 Å². The first-order valence-corrected chi connectivity index (χ1v) is 7.74. The summed E-state index contributed by atoms with van der Waals surface area (Å²) in [5.41, 5.74) is 6.63. The Bertz CT molecular complexity index is 171. The Morgan fingerprint density at radius 2 is 1.93 bits per heavy atom. The molecular weight excluding hydrogens is 202 g/mol. The van der Waals surface area contributed by atoms with Gasteiger partial charge in [0.1, 0.15) is 0 Å². The summed E-state index contributed by atoms with van der Waals surface area (Å²) in [6.07, 6.45) is 9.93. The van der Waals surface area contributed by atoms with Crippen LogP contribution in [0.2, 0.25) is 0 Å². The van der Waals surface area contributed by atoms with Crippen LogP contribution in [0.25, 0.3) is 0 Å². The van der Waals surface area contributed by atoms with Crippen molar-refractivity contribution < 1.29 is 0 Å². The van der Waals surface area contributed by atoms with E-state index in [1.165, 1.54) is 44.3 Å². The van der Waals surface area contributed by atoms with Crippen molar-refractivity contribution in [2.45, 2.75) is 57.9 Å². The smallest absolute Gasteiger partial charge is 0.0154 e. The molecule has 1 fully saturated rings. The Morgan fingerprint density at radius 3 is 2.40 bits per heavy atom. The van der Waals surface area contributed by atoms with Gasteiger partial charge in [-0.15, -0.1) is 0 Å². The summed E-state index contributed by atoms with van der Waals surface area (Å²) >= 11 is 1.94. The zero-order valence-corrected chi connectivity index (χ0v) is 11.4. The lowest BCUT2D eigenvalue weighted by molar-refractivity contribution is 0.186. The molecule has 0 heterocycles. The molecule has 0 saturated heterocycles. The molecule has 1 nitrogen and oxygen atoms in total. The van der Waals surface area contributed by atoms with Crippen LogP contribution in [-0.2, 0) is 0 Å². The van der Waals surface area contributed by atoms with Crippen molar-refractivity contribution in [3.63, 3.8) is 0 Å². The molecule has 0 aromatic heterocycles. The van der Waals surface area contributed by atoms with E-state index in [1.54, 1.807) is 0 Å². The van der Waals surface area contributed by atoms with E-state index >= 15 is 0 Å². The molecule has 1 aliphatic rings. The second-order valence-corrected chi connectivity index (χ2v) is 6.53. The Labute approximate surface area is 99.6 Å². The molecule has 90 valence electrons. The van der Waals surface area contributed by atoms with Crippen LogP contribution in [0.5, 0.6) is 0 Å². The van der Waals surface area contributed by atoms with Gasteiger partial charge in [0.05, 0.1) is 0 Å². The van der Waals surface area contributed by atoms with E-state index in [1.807, 2.05) is 11.8 Å². The Balaban J connectivity index is 2.27. The SMILES string of the molecule is CSCCCC1(N)CCC(C(C)C)CC1. The van der Waals surface area contributed by atoms with Crippen LogP contribution in [0.15, 0.2) is 0 Å². The van der Waals surface area contributed by atoms with Gasteiger partial charge in [0, 0.05) is 5.54 Å². The highest BCUT2D eigenvalue weighted by Gasteiger charge is 2.31. The molecule has 1 aliphatic carbocycles. The van der Waals surface area contributed by atoms with Crippen LogP contribution in [0, 0.1) is 11.8 Å². The van der Waals surface area contributed by atoms with E-state index in [4.69, 9.17) is 5.73 Å². The molecule has 0 unspecified atom stereocenters. The van der Waals surface area contributed by atoms with Crippen molar-refractivity contribution in [3.05, 3.63) is 0 Å². The lowest BCUT2D eigenvalue weighted by atomic mass is 9.72. The van der Waals surface area contributed by atoms with E-state index < -0.39 is 0 Å². The van der Waals surface area contributed by atoms with Gasteiger partial charge in [-0.05, 0) is 62.4 Å². The first-order valence-electron chi connectivity index (χ1n) is 6.35. The van der Waals surface area contributed by atoms with Crippen LogP contribution >= 0.6 is 11.8 Å². The van der Waals surface area contributed by atoms with Gasteiger partial charge in [-0.3, -0.25) is 0 Å². The molecule has 2 N–H and O–H groups in total. The molecule has 0 aromatic rings. The van der Waals surface area contributed by atoms with Crippen molar-refractivity contribution in [3.8, 4) is 0 Å². The first kappa shape index (κ1) is 13.4. The monoisotopic (exact) mass is 229 g/mol. The molecule has 0 aliphatic heterocycles. The van der Waals surface area contributed by atoms with Crippen LogP contribution < -0.4 is 5.73 Å². The standard InChI is InChI=1S/C13H27NS/c1-11(2)12-5-8-13(14,9-6-12)7-4-10-15-3/h11-12H,4-10,14H2,1-3H3.